The number of allylic oxidation sites excluding steroid dienone is 5. The number of rotatable bonds is 9. The van der Waals surface area contributed by atoms with Gasteiger partial charge in [-0.05, 0) is 200 Å². The Kier molecular flexibility index (Phi) is 13.2. The molecule has 4 aliphatic heterocycles. The molecular weight excluding hydrogens is 1050 g/mol. The van der Waals surface area contributed by atoms with Crippen molar-refractivity contribution in [3.8, 4) is 17.2 Å². The Morgan fingerprint density at radius 2 is 1.78 bits per heavy atom. The number of nitrogens with two attached hydrogens (primary N) is 1. The molecule has 12 N–H and O–H groups in total. The third-order valence-corrected chi connectivity index (χ3v) is 22.4. The summed E-state index contributed by atoms with van der Waals surface area (Å²) in [5, 5.41) is 93.2. The van der Waals surface area contributed by atoms with Crippen LogP contribution in [0.15, 0.2) is 110 Å². The number of aryl methyl sites for hydroxylation is 1. The highest BCUT2D eigenvalue weighted by Crippen LogP contribution is 2.69. The summed E-state index contributed by atoms with van der Waals surface area (Å²) in [4.78, 5) is 30.7. The molecule has 15 atom stereocenters. The normalized spacial score (nSPS) is 35.4. The fourth-order valence-electron chi connectivity index (χ4n) is 19.0. The van der Waals surface area contributed by atoms with Crippen molar-refractivity contribution in [1.82, 2.24) is 16.0 Å². The van der Waals surface area contributed by atoms with Crippen LogP contribution in [0.2, 0.25) is 0 Å². The number of nitrogens with one attached hydrogen (secondary N) is 3. The highest BCUT2D eigenvalue weighted by atomic mass is 16.6. The Hall–Kier alpha value is -6.40. The zero-order chi connectivity index (χ0) is 57.6. The van der Waals surface area contributed by atoms with E-state index in [-0.39, 0.29) is 106 Å². The molecule has 1 spiro atoms. The second-order valence-electron chi connectivity index (χ2n) is 26.1. The number of dihydropyridines is 2. The van der Waals surface area contributed by atoms with Crippen molar-refractivity contribution >= 4 is 16.9 Å². The maximum absolute atomic E-state index is 16.0. The molecular formula is C67H78N4O12. The number of ether oxygens (including phenoxy) is 2. The van der Waals surface area contributed by atoms with E-state index in [1.165, 1.54) is 11.1 Å². The first kappa shape index (κ1) is 54.5. The molecule has 0 radical (unpaired) electrons. The predicted octanol–water partition coefficient (Wildman–Crippen LogP) is 7.17. The fraction of sp³-hybridized carbons (Fsp3) is 0.522. The van der Waals surface area contributed by atoms with Crippen LogP contribution in [0.5, 0.6) is 17.2 Å². The molecule has 15 rings (SSSR count). The second kappa shape index (κ2) is 20.1. The van der Waals surface area contributed by atoms with Crippen molar-refractivity contribution in [2.24, 2.45) is 41.2 Å². The van der Waals surface area contributed by atoms with Crippen LogP contribution in [-0.2, 0) is 34.4 Å². The van der Waals surface area contributed by atoms with Crippen LogP contribution < -0.4 is 31.8 Å². The molecule has 16 heteroatoms. The van der Waals surface area contributed by atoms with Gasteiger partial charge in [-0.3, -0.25) is 10.1 Å². The molecule has 5 heterocycles. The maximum Gasteiger partial charge on any atom is 0.337 e. The summed E-state index contributed by atoms with van der Waals surface area (Å²) < 4.78 is 21.7. The molecule has 1 aromatic heterocycles. The van der Waals surface area contributed by atoms with Gasteiger partial charge in [-0.1, -0.05) is 43.3 Å². The molecule has 7 aliphatic carbocycles. The van der Waals surface area contributed by atoms with E-state index in [2.05, 4.69) is 47.3 Å². The molecule has 438 valence electrons. The summed E-state index contributed by atoms with van der Waals surface area (Å²) >= 11 is 0. The number of carbonyl (C=O) groups is 1. The predicted molar refractivity (Wildman–Crippen MR) is 310 cm³/mol. The van der Waals surface area contributed by atoms with Crippen molar-refractivity contribution in [3.05, 3.63) is 156 Å². The van der Waals surface area contributed by atoms with Crippen LogP contribution in [0, 0.1) is 35.5 Å². The summed E-state index contributed by atoms with van der Waals surface area (Å²) in [6.45, 7) is 5.86. The van der Waals surface area contributed by atoms with Crippen molar-refractivity contribution in [1.29, 1.82) is 0 Å². The highest BCUT2D eigenvalue weighted by Gasteiger charge is 2.66. The zero-order valence-corrected chi connectivity index (χ0v) is 47.5. The van der Waals surface area contributed by atoms with Gasteiger partial charge in [0.05, 0.1) is 24.4 Å². The van der Waals surface area contributed by atoms with Gasteiger partial charge in [0.25, 0.3) is 0 Å². The van der Waals surface area contributed by atoms with Crippen LogP contribution in [0.1, 0.15) is 154 Å². The van der Waals surface area contributed by atoms with Crippen molar-refractivity contribution in [3.63, 3.8) is 0 Å². The van der Waals surface area contributed by atoms with Crippen LogP contribution in [0.3, 0.4) is 0 Å². The monoisotopic (exact) mass is 1130 g/mol. The standard InChI is InChI=1S/C67H78N4O12/c1-4-48(67(80)27-46-39-15-18-66(28-50(39)67)26-34(17-20-72)59(77)43-8-6-7-41(46)58(43)66)64(79)82-52-25-45-60(78)56-51(76)24-37(30-73)81-62(56)57-54-42-16-19-70-63(68)55(42)40(14-10-32-9-12-36(75)23-44(32)47(54)31-74)38-13-11-33-22-53(69-5-2)71-29-35(33)21-49(38)65(52,3)83-61(45)57/h4,6-9,12,16,22-24,29,34,38-40,46-47,49-50,52-54,59,69-75,77-78,80H,5,10-11,13-15,17-21,25-28,30-31,68H2,1-3H3. The lowest BCUT2D eigenvalue weighted by Gasteiger charge is -2.53. The van der Waals surface area contributed by atoms with E-state index >= 15 is 4.79 Å². The number of benzene rings is 3. The van der Waals surface area contributed by atoms with Gasteiger partial charge in [0.15, 0.2) is 5.43 Å². The van der Waals surface area contributed by atoms with E-state index in [4.69, 9.17) is 19.6 Å². The largest absolute Gasteiger partial charge is 0.508 e. The summed E-state index contributed by atoms with van der Waals surface area (Å²) in [6, 6.07) is 12.6. The average molecular weight is 1130 g/mol. The van der Waals surface area contributed by atoms with Gasteiger partial charge < -0.3 is 66.0 Å². The van der Waals surface area contributed by atoms with Crippen LogP contribution >= 0.6 is 0 Å². The van der Waals surface area contributed by atoms with Gasteiger partial charge >= 0.3 is 5.97 Å². The number of phenols is 2. The molecule has 8 bridgehead atoms. The molecule has 3 saturated carbocycles. The highest BCUT2D eigenvalue weighted by molar-refractivity contribution is 5.93. The zero-order valence-electron chi connectivity index (χ0n) is 47.5. The minimum atomic E-state index is -1.60. The number of hydrogen-bond donors (Lipinski definition) is 11. The first-order valence-corrected chi connectivity index (χ1v) is 30.5. The van der Waals surface area contributed by atoms with Crippen molar-refractivity contribution in [2.45, 2.75) is 157 Å². The minimum absolute atomic E-state index is 0.0155. The van der Waals surface area contributed by atoms with E-state index < -0.39 is 71.5 Å². The Labute approximate surface area is 482 Å². The Morgan fingerprint density at radius 1 is 0.964 bits per heavy atom. The molecule has 0 amide bonds. The van der Waals surface area contributed by atoms with E-state index in [0.717, 1.165) is 58.9 Å². The second-order valence-corrected chi connectivity index (χ2v) is 26.1. The number of aliphatic hydroxyl groups excluding tert-OH is 4. The van der Waals surface area contributed by atoms with Crippen LogP contribution in [0.4, 0.5) is 0 Å². The summed E-state index contributed by atoms with van der Waals surface area (Å²) in [7, 11) is 0. The Morgan fingerprint density at radius 3 is 2.57 bits per heavy atom. The number of fused-ring (bicyclic) bond motifs is 10. The lowest BCUT2D eigenvalue weighted by Crippen LogP contribution is -2.59. The van der Waals surface area contributed by atoms with Gasteiger partial charge in [-0.15, -0.1) is 0 Å². The first-order valence-electron chi connectivity index (χ1n) is 30.5. The number of carbonyl (C=O) groups excluding carboxylic acids is 1. The van der Waals surface area contributed by atoms with Gasteiger partial charge in [0.1, 0.15) is 63.7 Å². The van der Waals surface area contributed by atoms with E-state index in [9.17, 15) is 40.5 Å². The number of esters is 1. The average Bonchev–Trinajstić information content (AvgIpc) is 3.81. The molecule has 3 aromatic carbocycles. The molecule has 0 saturated heterocycles. The lowest BCUT2D eigenvalue weighted by molar-refractivity contribution is -0.172. The van der Waals surface area contributed by atoms with Gasteiger partial charge in [0.2, 0.25) is 0 Å². The first-order chi connectivity index (χ1) is 40.1. The molecule has 3 fully saturated rings. The maximum atomic E-state index is 16.0. The minimum Gasteiger partial charge on any atom is -0.508 e. The number of hydrogen-bond acceptors (Lipinski definition) is 16. The number of aromatic hydroxyl groups is 2. The van der Waals surface area contributed by atoms with E-state index in [0.29, 0.717) is 74.9 Å². The van der Waals surface area contributed by atoms with Crippen LogP contribution in [-0.4, -0.2) is 91.5 Å². The number of phenolic OH excluding ortho intramolecular Hbond substituents is 2. The molecule has 15 unspecified atom stereocenters. The Balaban J connectivity index is 0.971. The lowest BCUT2D eigenvalue weighted by atomic mass is 9.54. The van der Waals surface area contributed by atoms with E-state index in [1.807, 2.05) is 25.1 Å². The van der Waals surface area contributed by atoms with Gasteiger partial charge in [-0.2, -0.15) is 0 Å². The quantitative estimate of drug-likeness (QED) is 0.0586. The van der Waals surface area contributed by atoms with E-state index in [1.54, 1.807) is 25.1 Å². The topological polar surface area (TPSA) is 269 Å². The molecule has 11 aliphatic rings. The number of aliphatic hydroxyl groups is 5. The third kappa shape index (κ3) is 8.05. The smallest absolute Gasteiger partial charge is 0.337 e. The Bertz CT molecular complexity index is 3600. The third-order valence-electron chi connectivity index (χ3n) is 22.4. The molecule has 4 aromatic rings. The number of likely N-dealkylation sites (N-methyl/N-ethyl adjacent to an activating group) is 1. The SMILES string of the molecule is CC=C(C(=O)OC1Cc2c3c(c4oc(CO)cc(=O)c4c2O)C2C4=CCNC(N)=C4C(CCc4ccc(O)cc4C2CO)C2CCC4=CC(NCC)NC=C4CC2C1(C)O3)C1(O)CC2c3cccc4c3C3(CCC2C1C3)CC(CCO)C4O. The van der Waals surface area contributed by atoms with Gasteiger partial charge in [-0.25, -0.2) is 4.79 Å². The summed E-state index contributed by atoms with van der Waals surface area (Å²) in [5.41, 5.74) is 12.9. The van der Waals surface area contributed by atoms with Gasteiger partial charge in [0, 0.05) is 60.7 Å². The van der Waals surface area contributed by atoms with Crippen molar-refractivity contribution in [2.75, 3.05) is 26.3 Å². The molecule has 16 nitrogen and oxygen atoms in total. The fourth-order valence-corrected chi connectivity index (χ4v) is 19.0. The summed E-state index contributed by atoms with van der Waals surface area (Å²) in [6.07, 6.45) is 12.9. The van der Waals surface area contributed by atoms with Crippen molar-refractivity contribution < 1.29 is 54.4 Å². The molecule has 83 heavy (non-hydrogen) atoms. The summed E-state index contributed by atoms with van der Waals surface area (Å²) in [5.74, 6) is -3.60. The van der Waals surface area contributed by atoms with Crippen LogP contribution in [0.25, 0.3) is 11.0 Å².